The molecular formula is C13H14N. The first kappa shape index (κ1) is 9.20. The molecule has 1 heterocycles. The summed E-state index contributed by atoms with van der Waals surface area (Å²) < 4.78 is 0. The molecule has 0 fully saturated rings. The minimum atomic E-state index is -0.201. The highest BCUT2D eigenvalue weighted by molar-refractivity contribution is 5.75. The maximum absolute atomic E-state index is 4.49. The van der Waals surface area contributed by atoms with Gasteiger partial charge in [0.2, 0.25) is 0 Å². The lowest BCUT2D eigenvalue weighted by molar-refractivity contribution is 0.584. The van der Waals surface area contributed by atoms with Crippen LogP contribution >= 0.6 is 0 Å². The number of hydrogen-bond acceptors (Lipinski definition) is 1. The third-order valence-corrected chi connectivity index (χ3v) is 2.70. The minimum absolute atomic E-state index is 0.201. The van der Waals surface area contributed by atoms with Crippen LogP contribution in [0.1, 0.15) is 17.5 Å². The van der Waals surface area contributed by atoms with Gasteiger partial charge in [0.25, 0.3) is 0 Å². The van der Waals surface area contributed by atoms with Gasteiger partial charge in [0, 0.05) is 6.21 Å². The van der Waals surface area contributed by atoms with E-state index in [1.54, 1.807) is 0 Å². The molecule has 0 saturated carbocycles. The zero-order valence-electron chi connectivity index (χ0n) is 8.40. The van der Waals surface area contributed by atoms with Gasteiger partial charge in [-0.3, -0.25) is 4.99 Å². The van der Waals surface area contributed by atoms with Gasteiger partial charge in [-0.1, -0.05) is 42.8 Å². The van der Waals surface area contributed by atoms with Crippen LogP contribution in [0.25, 0.3) is 0 Å². The van der Waals surface area contributed by atoms with Gasteiger partial charge in [-0.15, -0.1) is 0 Å². The molecule has 14 heavy (non-hydrogen) atoms. The molecular weight excluding hydrogens is 170 g/mol. The monoisotopic (exact) mass is 184 g/mol. The lowest BCUT2D eigenvalue weighted by Gasteiger charge is -2.22. The lowest BCUT2D eigenvalue weighted by Crippen LogP contribution is -2.17. The molecule has 1 radical (unpaired) electrons. The summed E-state index contributed by atoms with van der Waals surface area (Å²) in [6.45, 7) is 6.07. The largest absolute Gasteiger partial charge is 0.278 e. The van der Waals surface area contributed by atoms with Crippen LogP contribution < -0.4 is 0 Å². The first-order chi connectivity index (χ1) is 6.77. The Morgan fingerprint density at radius 2 is 2.00 bits per heavy atom. The Hall–Kier alpha value is -1.37. The van der Waals surface area contributed by atoms with Crippen LogP contribution in [-0.4, -0.2) is 6.21 Å². The van der Waals surface area contributed by atoms with E-state index in [2.05, 4.69) is 49.2 Å². The molecule has 0 bridgehead atoms. The van der Waals surface area contributed by atoms with Crippen molar-refractivity contribution in [3.05, 3.63) is 54.5 Å². The number of hydrogen-bond donors (Lipinski definition) is 0. The van der Waals surface area contributed by atoms with Crippen LogP contribution in [0.5, 0.6) is 0 Å². The van der Waals surface area contributed by atoms with Crippen LogP contribution in [0.3, 0.4) is 0 Å². The normalized spacial score (nSPS) is 24.4. The first-order valence-corrected chi connectivity index (χ1v) is 4.86. The standard InChI is InChI=1S/C13H14N/c1-3-13(9-4-10-14-13)12-7-5-11(2)6-8-12/h4-10H,1,3H2,2H3. The lowest BCUT2D eigenvalue weighted by atomic mass is 9.88. The molecule has 71 valence electrons. The highest BCUT2D eigenvalue weighted by Crippen LogP contribution is 2.33. The SMILES string of the molecule is [CH2]CC1(c2ccc(C)cc2)C=CC=N1. The topological polar surface area (TPSA) is 12.4 Å². The summed E-state index contributed by atoms with van der Waals surface area (Å²) in [5.74, 6) is 0. The minimum Gasteiger partial charge on any atom is -0.278 e. The summed E-state index contributed by atoms with van der Waals surface area (Å²) in [5, 5.41) is 0. The van der Waals surface area contributed by atoms with Gasteiger partial charge in [-0.25, -0.2) is 0 Å². The molecule has 1 atom stereocenters. The third-order valence-electron chi connectivity index (χ3n) is 2.70. The summed E-state index contributed by atoms with van der Waals surface area (Å²) in [6.07, 6.45) is 6.73. The quantitative estimate of drug-likeness (QED) is 0.670. The zero-order chi connectivity index (χ0) is 10.0. The zero-order valence-corrected chi connectivity index (χ0v) is 8.40. The van der Waals surface area contributed by atoms with Gasteiger partial charge in [-0.05, 0) is 25.0 Å². The second-order valence-electron chi connectivity index (χ2n) is 3.68. The molecule has 1 aromatic carbocycles. The van der Waals surface area contributed by atoms with Crippen LogP contribution in [0, 0.1) is 13.8 Å². The Labute approximate surface area is 85.2 Å². The highest BCUT2D eigenvalue weighted by Gasteiger charge is 2.27. The summed E-state index contributed by atoms with van der Waals surface area (Å²) >= 11 is 0. The van der Waals surface area contributed by atoms with Crippen LogP contribution in [-0.2, 0) is 5.54 Å². The van der Waals surface area contributed by atoms with E-state index in [1.165, 1.54) is 11.1 Å². The van der Waals surface area contributed by atoms with E-state index in [-0.39, 0.29) is 5.54 Å². The maximum atomic E-state index is 4.49. The molecule has 1 aliphatic rings. The van der Waals surface area contributed by atoms with E-state index in [9.17, 15) is 0 Å². The summed E-state index contributed by atoms with van der Waals surface area (Å²) in [5.41, 5.74) is 2.30. The number of benzene rings is 1. The summed E-state index contributed by atoms with van der Waals surface area (Å²) in [7, 11) is 0. The molecule has 1 unspecified atom stereocenters. The number of allylic oxidation sites excluding steroid dienone is 1. The summed E-state index contributed by atoms with van der Waals surface area (Å²) in [4.78, 5) is 4.49. The maximum Gasteiger partial charge on any atom is 0.104 e. The average molecular weight is 184 g/mol. The van der Waals surface area contributed by atoms with E-state index in [4.69, 9.17) is 0 Å². The van der Waals surface area contributed by atoms with E-state index in [1.807, 2.05) is 12.3 Å². The van der Waals surface area contributed by atoms with Crippen molar-refractivity contribution in [2.75, 3.05) is 0 Å². The van der Waals surface area contributed by atoms with Gasteiger partial charge in [0.05, 0.1) is 0 Å². The van der Waals surface area contributed by atoms with Crippen molar-refractivity contribution in [2.45, 2.75) is 18.9 Å². The highest BCUT2D eigenvalue weighted by atomic mass is 14.9. The van der Waals surface area contributed by atoms with E-state index >= 15 is 0 Å². The predicted octanol–water partition coefficient (Wildman–Crippen LogP) is 3.06. The fraction of sp³-hybridized carbons (Fsp3) is 0.231. The number of rotatable bonds is 2. The van der Waals surface area contributed by atoms with Gasteiger partial charge >= 0.3 is 0 Å². The molecule has 0 amide bonds. The second-order valence-corrected chi connectivity index (χ2v) is 3.68. The number of aliphatic imine (C=N–C) groups is 1. The van der Waals surface area contributed by atoms with Crippen molar-refractivity contribution in [1.29, 1.82) is 0 Å². The van der Waals surface area contributed by atoms with Crippen molar-refractivity contribution in [2.24, 2.45) is 4.99 Å². The van der Waals surface area contributed by atoms with Gasteiger partial charge in [0.1, 0.15) is 5.54 Å². The molecule has 0 saturated heterocycles. The Balaban J connectivity index is 2.42. The van der Waals surface area contributed by atoms with Crippen LogP contribution in [0.4, 0.5) is 0 Å². The van der Waals surface area contributed by atoms with Crippen molar-refractivity contribution >= 4 is 6.21 Å². The van der Waals surface area contributed by atoms with Gasteiger partial charge in [-0.2, -0.15) is 0 Å². The second kappa shape index (κ2) is 3.41. The summed E-state index contributed by atoms with van der Waals surface area (Å²) in [6, 6.07) is 8.50. The average Bonchev–Trinajstić information content (AvgIpc) is 2.68. The first-order valence-electron chi connectivity index (χ1n) is 4.86. The molecule has 0 N–H and O–H groups in total. The molecule has 1 nitrogen and oxygen atoms in total. The van der Waals surface area contributed by atoms with Crippen molar-refractivity contribution in [3.63, 3.8) is 0 Å². The smallest absolute Gasteiger partial charge is 0.104 e. The van der Waals surface area contributed by atoms with Crippen molar-refractivity contribution in [1.82, 2.24) is 0 Å². The molecule has 0 aromatic heterocycles. The fourth-order valence-electron chi connectivity index (χ4n) is 1.73. The third kappa shape index (κ3) is 1.39. The fourth-order valence-corrected chi connectivity index (χ4v) is 1.73. The Kier molecular flexibility index (Phi) is 2.24. The Bertz CT molecular complexity index is 359. The van der Waals surface area contributed by atoms with Gasteiger partial charge < -0.3 is 0 Å². The van der Waals surface area contributed by atoms with E-state index in [0.717, 1.165) is 6.42 Å². The Morgan fingerprint density at radius 3 is 2.50 bits per heavy atom. The van der Waals surface area contributed by atoms with Crippen LogP contribution in [0.2, 0.25) is 0 Å². The molecule has 1 heteroatoms. The molecule has 1 aromatic rings. The molecule has 2 rings (SSSR count). The van der Waals surface area contributed by atoms with E-state index in [0.29, 0.717) is 0 Å². The molecule has 0 aliphatic carbocycles. The molecule has 0 spiro atoms. The number of aryl methyl sites for hydroxylation is 1. The van der Waals surface area contributed by atoms with E-state index < -0.39 is 0 Å². The van der Waals surface area contributed by atoms with Crippen molar-refractivity contribution in [3.8, 4) is 0 Å². The van der Waals surface area contributed by atoms with Gasteiger partial charge in [0.15, 0.2) is 0 Å². The van der Waals surface area contributed by atoms with Crippen molar-refractivity contribution < 1.29 is 0 Å². The predicted molar refractivity (Wildman–Crippen MR) is 60.5 cm³/mol. The van der Waals surface area contributed by atoms with Crippen LogP contribution in [0.15, 0.2) is 41.4 Å². The molecule has 1 aliphatic heterocycles. The Morgan fingerprint density at radius 1 is 1.29 bits per heavy atom. The number of nitrogens with zero attached hydrogens (tertiary/aromatic N) is 1.